The van der Waals surface area contributed by atoms with Gasteiger partial charge in [-0.3, -0.25) is 4.79 Å². The second kappa shape index (κ2) is 7.18. The molecule has 1 amide bonds. The van der Waals surface area contributed by atoms with Crippen molar-refractivity contribution in [1.29, 1.82) is 0 Å². The second-order valence-corrected chi connectivity index (χ2v) is 6.23. The Morgan fingerprint density at radius 2 is 2.14 bits per heavy atom. The zero-order valence-electron chi connectivity index (χ0n) is 12.7. The maximum atomic E-state index is 12.7. The van der Waals surface area contributed by atoms with Crippen LogP contribution in [-0.4, -0.2) is 31.7 Å². The van der Waals surface area contributed by atoms with Crippen molar-refractivity contribution in [2.45, 2.75) is 37.3 Å². The molecule has 0 aromatic heterocycles. The fourth-order valence-electron chi connectivity index (χ4n) is 3.40. The van der Waals surface area contributed by atoms with Gasteiger partial charge in [0.15, 0.2) is 0 Å². The van der Waals surface area contributed by atoms with Gasteiger partial charge in [0, 0.05) is 12.1 Å². The molecule has 0 bridgehead atoms. The molecular weight excluding hydrogens is 323 g/mol. The molecule has 1 aromatic rings. The van der Waals surface area contributed by atoms with E-state index in [1.807, 2.05) is 12.1 Å². The maximum absolute atomic E-state index is 12.7. The summed E-state index contributed by atoms with van der Waals surface area (Å²) in [5.41, 5.74) is 1.63. The van der Waals surface area contributed by atoms with Gasteiger partial charge in [0.2, 0.25) is 0 Å². The van der Waals surface area contributed by atoms with Gasteiger partial charge >= 0.3 is 0 Å². The maximum Gasteiger partial charge on any atom is 0.252 e. The number of methoxy groups -OCH3 is 1. The van der Waals surface area contributed by atoms with E-state index in [4.69, 9.17) is 16.3 Å². The van der Waals surface area contributed by atoms with Gasteiger partial charge in [0.05, 0.1) is 6.04 Å². The van der Waals surface area contributed by atoms with E-state index in [0.717, 1.165) is 36.5 Å². The predicted molar refractivity (Wildman–Crippen MR) is 89.7 cm³/mol. The lowest BCUT2D eigenvalue weighted by molar-refractivity contribution is -0.147. The van der Waals surface area contributed by atoms with Gasteiger partial charge in [0.25, 0.3) is 5.91 Å². The molecule has 0 radical (unpaired) electrons. The van der Waals surface area contributed by atoms with Crippen molar-refractivity contribution in [1.82, 2.24) is 10.6 Å². The molecule has 1 fully saturated rings. The van der Waals surface area contributed by atoms with E-state index in [-0.39, 0.29) is 24.4 Å². The van der Waals surface area contributed by atoms with Crippen molar-refractivity contribution in [2.24, 2.45) is 0 Å². The minimum atomic E-state index is -0.688. The number of hydrogen-bond acceptors (Lipinski definition) is 3. The first kappa shape index (κ1) is 17.5. The summed E-state index contributed by atoms with van der Waals surface area (Å²) in [5.74, 6) is 0.00401. The van der Waals surface area contributed by atoms with E-state index in [0.29, 0.717) is 12.8 Å². The summed E-state index contributed by atoms with van der Waals surface area (Å²) < 4.78 is 5.58. The molecule has 122 valence electrons. The Hall–Kier alpha value is -0.810. The fourth-order valence-corrected chi connectivity index (χ4v) is 3.68. The number of ether oxygens (including phenoxy) is 1. The van der Waals surface area contributed by atoms with Crippen LogP contribution in [0.2, 0.25) is 5.02 Å². The molecule has 1 saturated heterocycles. The number of benzene rings is 1. The van der Waals surface area contributed by atoms with Gasteiger partial charge in [-0.05, 0) is 56.0 Å². The molecule has 1 unspecified atom stereocenters. The molecule has 1 atom stereocenters. The van der Waals surface area contributed by atoms with E-state index in [1.165, 1.54) is 5.56 Å². The third-order valence-electron chi connectivity index (χ3n) is 4.73. The van der Waals surface area contributed by atoms with E-state index in [2.05, 4.69) is 16.7 Å². The van der Waals surface area contributed by atoms with Gasteiger partial charge in [-0.1, -0.05) is 23.7 Å². The molecular formula is C16H22Cl2N2O2. The Labute approximate surface area is 142 Å². The van der Waals surface area contributed by atoms with Crippen molar-refractivity contribution in [3.05, 3.63) is 34.3 Å². The topological polar surface area (TPSA) is 50.4 Å². The Morgan fingerprint density at radius 3 is 2.82 bits per heavy atom. The summed E-state index contributed by atoms with van der Waals surface area (Å²) in [5, 5.41) is 7.24. The predicted octanol–water partition coefficient (Wildman–Crippen LogP) is 2.63. The first-order valence-electron chi connectivity index (χ1n) is 7.50. The number of nitrogens with one attached hydrogen (secondary N) is 2. The zero-order valence-corrected chi connectivity index (χ0v) is 14.2. The lowest BCUT2D eigenvalue weighted by atomic mass is 9.90. The number of amides is 1. The number of hydrogen-bond donors (Lipinski definition) is 2. The van der Waals surface area contributed by atoms with Crippen LogP contribution in [0.3, 0.4) is 0 Å². The minimum absolute atomic E-state index is 0. The Morgan fingerprint density at radius 1 is 1.41 bits per heavy atom. The highest BCUT2D eigenvalue weighted by atomic mass is 35.5. The molecule has 22 heavy (non-hydrogen) atoms. The summed E-state index contributed by atoms with van der Waals surface area (Å²) in [6.07, 6.45) is 3.25. The van der Waals surface area contributed by atoms with Gasteiger partial charge in [-0.2, -0.15) is 0 Å². The molecule has 1 aliphatic carbocycles. The normalized spacial score (nSPS) is 22.5. The summed E-state index contributed by atoms with van der Waals surface area (Å²) in [4.78, 5) is 12.7. The highest BCUT2D eigenvalue weighted by Crippen LogP contribution is 2.36. The van der Waals surface area contributed by atoms with Crippen LogP contribution in [0.15, 0.2) is 18.2 Å². The van der Waals surface area contributed by atoms with Gasteiger partial charge in [-0.25, -0.2) is 0 Å². The standard InChI is InChI=1S/C16H21ClN2O2.ClH/c1-21-16(7-9-18-10-8-16)15(20)19-14-6-5-11-12(14)3-2-4-13(11)17;/h2-4,14,18H,5-10H2,1H3,(H,19,20);1H. The summed E-state index contributed by atoms with van der Waals surface area (Å²) in [6, 6.07) is 5.96. The Bertz CT molecular complexity index is 545. The number of carbonyl (C=O) groups excluding carboxylic acids is 1. The second-order valence-electron chi connectivity index (χ2n) is 5.82. The van der Waals surface area contributed by atoms with E-state index in [9.17, 15) is 4.79 Å². The quantitative estimate of drug-likeness (QED) is 0.886. The Balaban J connectivity index is 0.00000176. The van der Waals surface area contributed by atoms with Crippen LogP contribution < -0.4 is 10.6 Å². The number of rotatable bonds is 3. The van der Waals surface area contributed by atoms with Gasteiger partial charge in [-0.15, -0.1) is 12.4 Å². The Kier molecular flexibility index (Phi) is 5.72. The van der Waals surface area contributed by atoms with Crippen molar-refractivity contribution in [2.75, 3.05) is 20.2 Å². The van der Waals surface area contributed by atoms with Crippen LogP contribution in [0.4, 0.5) is 0 Å². The lowest BCUT2D eigenvalue weighted by Crippen LogP contribution is -2.54. The minimum Gasteiger partial charge on any atom is -0.368 e. The highest BCUT2D eigenvalue weighted by Gasteiger charge is 2.41. The SMILES string of the molecule is COC1(C(=O)NC2CCc3c(Cl)cccc32)CCNCC1.Cl. The molecule has 6 heteroatoms. The van der Waals surface area contributed by atoms with Crippen molar-refractivity contribution >= 4 is 29.9 Å². The summed E-state index contributed by atoms with van der Waals surface area (Å²) in [7, 11) is 1.63. The molecule has 1 aromatic carbocycles. The van der Waals surface area contributed by atoms with E-state index >= 15 is 0 Å². The first-order valence-corrected chi connectivity index (χ1v) is 7.88. The van der Waals surface area contributed by atoms with Crippen LogP contribution in [0.1, 0.15) is 36.4 Å². The average Bonchev–Trinajstić information content (AvgIpc) is 2.92. The number of carbonyl (C=O) groups is 1. The zero-order chi connectivity index (χ0) is 14.9. The third-order valence-corrected chi connectivity index (χ3v) is 5.09. The van der Waals surface area contributed by atoms with E-state index in [1.54, 1.807) is 7.11 Å². The number of halogens is 2. The van der Waals surface area contributed by atoms with Crippen LogP contribution in [0.5, 0.6) is 0 Å². The smallest absolute Gasteiger partial charge is 0.252 e. The molecule has 1 heterocycles. The lowest BCUT2D eigenvalue weighted by Gasteiger charge is -2.35. The molecule has 4 nitrogen and oxygen atoms in total. The largest absolute Gasteiger partial charge is 0.368 e. The van der Waals surface area contributed by atoms with Crippen LogP contribution in [0.25, 0.3) is 0 Å². The van der Waals surface area contributed by atoms with Crippen molar-refractivity contribution < 1.29 is 9.53 Å². The monoisotopic (exact) mass is 344 g/mol. The van der Waals surface area contributed by atoms with Crippen LogP contribution >= 0.6 is 24.0 Å². The number of fused-ring (bicyclic) bond motifs is 1. The molecule has 0 saturated carbocycles. The molecule has 2 N–H and O–H groups in total. The third kappa shape index (κ3) is 3.11. The van der Waals surface area contributed by atoms with Gasteiger partial charge < -0.3 is 15.4 Å². The van der Waals surface area contributed by atoms with Gasteiger partial charge in [0.1, 0.15) is 5.60 Å². The molecule has 3 rings (SSSR count). The number of piperidine rings is 1. The van der Waals surface area contributed by atoms with E-state index < -0.39 is 5.60 Å². The van der Waals surface area contributed by atoms with Crippen molar-refractivity contribution in [3.8, 4) is 0 Å². The first-order chi connectivity index (χ1) is 10.2. The van der Waals surface area contributed by atoms with Crippen molar-refractivity contribution in [3.63, 3.8) is 0 Å². The molecule has 2 aliphatic rings. The average molecular weight is 345 g/mol. The molecule has 0 spiro atoms. The van der Waals surface area contributed by atoms with Crippen LogP contribution in [0, 0.1) is 0 Å². The highest BCUT2D eigenvalue weighted by molar-refractivity contribution is 6.31. The fraction of sp³-hybridized carbons (Fsp3) is 0.562. The van der Waals surface area contributed by atoms with Crippen LogP contribution in [-0.2, 0) is 16.0 Å². The molecule has 1 aliphatic heterocycles. The summed E-state index contributed by atoms with van der Waals surface area (Å²) in [6.45, 7) is 1.63. The summed E-state index contributed by atoms with van der Waals surface area (Å²) >= 11 is 6.23.